The molecule has 0 fully saturated rings. The highest BCUT2D eigenvalue weighted by atomic mass is 35.5. The Bertz CT molecular complexity index is 974. The number of benzene rings is 1. The number of nitrogens with one attached hydrogen (secondary N) is 3. The highest BCUT2D eigenvalue weighted by Crippen LogP contribution is 2.27. The van der Waals surface area contributed by atoms with Gasteiger partial charge in [0.15, 0.2) is 0 Å². The van der Waals surface area contributed by atoms with Crippen LogP contribution in [0.25, 0.3) is 0 Å². The molecule has 1 aromatic carbocycles. The molecule has 2 heterocycles. The van der Waals surface area contributed by atoms with Crippen LogP contribution in [0.3, 0.4) is 0 Å². The number of pyridine rings is 2. The van der Waals surface area contributed by atoms with E-state index in [1.807, 2.05) is 0 Å². The molecule has 3 N–H and O–H groups in total. The van der Waals surface area contributed by atoms with E-state index in [1.165, 1.54) is 42.7 Å². The maximum atomic E-state index is 13.3. The predicted molar refractivity (Wildman–Crippen MR) is 101 cm³/mol. The number of nitrogens with zero attached hydrogens (tertiary/aromatic N) is 1. The highest BCUT2D eigenvalue weighted by Gasteiger charge is 2.11. The third-order valence-electron chi connectivity index (χ3n) is 3.27. The van der Waals surface area contributed by atoms with Gasteiger partial charge in [0.05, 0.1) is 23.3 Å². The van der Waals surface area contributed by atoms with Crippen LogP contribution in [0.15, 0.2) is 59.7 Å². The summed E-state index contributed by atoms with van der Waals surface area (Å²) in [5.41, 5.74) is 1.34. The maximum absolute atomic E-state index is 13.3. The Morgan fingerprint density at radius 2 is 1.96 bits per heavy atom. The van der Waals surface area contributed by atoms with Gasteiger partial charge in [-0.3, -0.25) is 9.59 Å². The van der Waals surface area contributed by atoms with Crippen molar-refractivity contribution in [3.05, 3.63) is 81.7 Å². The fraction of sp³-hybridized carbons (Fsp3) is 0. The Morgan fingerprint density at radius 3 is 2.65 bits per heavy atom. The van der Waals surface area contributed by atoms with Gasteiger partial charge in [-0.25, -0.2) is 9.37 Å². The molecule has 0 radical (unpaired) electrons. The van der Waals surface area contributed by atoms with Crippen molar-refractivity contribution >= 4 is 47.0 Å². The number of hydrogen-bond acceptors (Lipinski definition) is 4. The van der Waals surface area contributed by atoms with E-state index in [0.29, 0.717) is 17.1 Å². The molecule has 6 nitrogen and oxygen atoms in total. The monoisotopic (exact) mass is 394 g/mol. The summed E-state index contributed by atoms with van der Waals surface area (Å²) in [7, 11) is 0. The van der Waals surface area contributed by atoms with E-state index in [2.05, 4.69) is 20.6 Å². The molecule has 0 bridgehead atoms. The third-order valence-corrected chi connectivity index (χ3v) is 3.48. The Hall–Kier alpha value is -2.90. The van der Waals surface area contributed by atoms with Crippen LogP contribution in [-0.4, -0.2) is 15.9 Å². The van der Waals surface area contributed by atoms with Crippen LogP contribution < -0.4 is 16.2 Å². The smallest absolute Gasteiger partial charge is 0.255 e. The molecule has 0 aliphatic heterocycles. The standard InChI is InChI=1S/C17H12ClFN4O2.ClH/c18-15-7-13(22-12-4-5-16(24)21-8-12)14(9-20-15)23-17(25)10-2-1-3-11(19)6-10;/h1-9H,(H,20,22)(H,21,24)(H,23,25);1H. The molecule has 0 aliphatic rings. The molecule has 0 spiro atoms. The molecule has 0 aliphatic carbocycles. The number of H-pyrrole nitrogens is 1. The Labute approximate surface area is 158 Å². The van der Waals surface area contributed by atoms with Crippen LogP contribution in [0.1, 0.15) is 10.4 Å². The molecule has 0 atom stereocenters. The lowest BCUT2D eigenvalue weighted by atomic mass is 10.2. The second-order valence-corrected chi connectivity index (χ2v) is 5.47. The van der Waals surface area contributed by atoms with Gasteiger partial charge < -0.3 is 15.6 Å². The summed E-state index contributed by atoms with van der Waals surface area (Å²) < 4.78 is 13.3. The normalized spacial score (nSPS) is 9.92. The molecular formula is C17H13Cl2FN4O2. The summed E-state index contributed by atoms with van der Waals surface area (Å²) in [5, 5.41) is 5.90. The molecule has 3 aromatic rings. The van der Waals surface area contributed by atoms with Gasteiger partial charge in [0.1, 0.15) is 11.0 Å². The van der Waals surface area contributed by atoms with Crippen molar-refractivity contribution in [1.82, 2.24) is 9.97 Å². The SMILES string of the molecule is Cl.O=C(Nc1cnc(Cl)cc1Nc1ccc(=O)[nH]c1)c1cccc(F)c1. The highest BCUT2D eigenvalue weighted by molar-refractivity contribution is 6.29. The molecule has 2 aromatic heterocycles. The predicted octanol–water partition coefficient (Wildman–Crippen LogP) is 3.98. The van der Waals surface area contributed by atoms with Gasteiger partial charge in [-0.1, -0.05) is 17.7 Å². The average Bonchev–Trinajstić information content (AvgIpc) is 2.59. The maximum Gasteiger partial charge on any atom is 0.255 e. The minimum atomic E-state index is -0.506. The third kappa shape index (κ3) is 4.81. The first-order chi connectivity index (χ1) is 12.0. The van der Waals surface area contributed by atoms with Gasteiger partial charge in [0, 0.05) is 23.9 Å². The summed E-state index contributed by atoms with van der Waals surface area (Å²) in [6, 6.07) is 9.79. The lowest BCUT2D eigenvalue weighted by molar-refractivity contribution is 0.102. The first-order valence-corrected chi connectivity index (χ1v) is 7.57. The summed E-state index contributed by atoms with van der Waals surface area (Å²) >= 11 is 5.91. The first kappa shape index (κ1) is 19.4. The number of rotatable bonds is 4. The zero-order chi connectivity index (χ0) is 17.8. The molecule has 9 heteroatoms. The molecule has 3 rings (SSSR count). The van der Waals surface area contributed by atoms with E-state index in [9.17, 15) is 14.0 Å². The summed E-state index contributed by atoms with van der Waals surface area (Å²) in [6.45, 7) is 0. The summed E-state index contributed by atoms with van der Waals surface area (Å²) in [4.78, 5) is 29.9. The number of aromatic nitrogens is 2. The number of carbonyl (C=O) groups excluding carboxylic acids is 1. The first-order valence-electron chi connectivity index (χ1n) is 7.19. The zero-order valence-corrected chi connectivity index (χ0v) is 14.7. The molecule has 0 unspecified atom stereocenters. The second kappa shape index (κ2) is 8.46. The van der Waals surface area contributed by atoms with E-state index in [0.717, 1.165) is 6.07 Å². The number of carbonyl (C=O) groups is 1. The number of hydrogen-bond donors (Lipinski definition) is 3. The van der Waals surface area contributed by atoms with Gasteiger partial charge in [-0.15, -0.1) is 12.4 Å². The molecular weight excluding hydrogens is 382 g/mol. The van der Waals surface area contributed by atoms with Crippen molar-refractivity contribution in [2.45, 2.75) is 0 Å². The molecule has 0 saturated carbocycles. The van der Waals surface area contributed by atoms with Crippen LogP contribution in [0.5, 0.6) is 0 Å². The lowest BCUT2D eigenvalue weighted by Crippen LogP contribution is -2.13. The van der Waals surface area contributed by atoms with E-state index in [4.69, 9.17) is 11.6 Å². The molecule has 1 amide bonds. The van der Waals surface area contributed by atoms with E-state index < -0.39 is 11.7 Å². The summed E-state index contributed by atoms with van der Waals surface area (Å²) in [6.07, 6.45) is 2.86. The van der Waals surface area contributed by atoms with E-state index in [1.54, 1.807) is 6.07 Å². The molecule has 134 valence electrons. The van der Waals surface area contributed by atoms with Crippen molar-refractivity contribution in [3.63, 3.8) is 0 Å². The van der Waals surface area contributed by atoms with E-state index in [-0.39, 0.29) is 28.7 Å². The number of aromatic amines is 1. The minimum Gasteiger partial charge on any atom is -0.352 e. The quantitative estimate of drug-likeness (QED) is 0.584. The Morgan fingerprint density at radius 1 is 1.15 bits per heavy atom. The Kier molecular flexibility index (Phi) is 6.32. The zero-order valence-electron chi connectivity index (χ0n) is 13.1. The largest absolute Gasteiger partial charge is 0.352 e. The van der Waals surface area contributed by atoms with Crippen molar-refractivity contribution in [2.24, 2.45) is 0 Å². The van der Waals surface area contributed by atoms with Gasteiger partial charge in [-0.2, -0.15) is 0 Å². The minimum absolute atomic E-state index is 0. The van der Waals surface area contributed by atoms with E-state index >= 15 is 0 Å². The fourth-order valence-corrected chi connectivity index (χ4v) is 2.26. The van der Waals surface area contributed by atoms with Crippen LogP contribution in [0.4, 0.5) is 21.5 Å². The average molecular weight is 395 g/mol. The summed E-state index contributed by atoms with van der Waals surface area (Å²) in [5.74, 6) is -0.999. The topological polar surface area (TPSA) is 86.9 Å². The molecule has 26 heavy (non-hydrogen) atoms. The van der Waals surface area contributed by atoms with Gasteiger partial charge in [0.25, 0.3) is 5.91 Å². The van der Waals surface area contributed by atoms with Gasteiger partial charge in [-0.05, 0) is 24.3 Å². The molecule has 0 saturated heterocycles. The van der Waals surface area contributed by atoms with Gasteiger partial charge >= 0.3 is 0 Å². The van der Waals surface area contributed by atoms with Crippen LogP contribution in [0.2, 0.25) is 5.15 Å². The number of anilines is 3. The van der Waals surface area contributed by atoms with Crippen molar-refractivity contribution < 1.29 is 9.18 Å². The Balaban J connectivity index is 0.00000243. The van der Waals surface area contributed by atoms with Crippen LogP contribution in [-0.2, 0) is 0 Å². The lowest BCUT2D eigenvalue weighted by Gasteiger charge is -2.13. The number of amides is 1. The fourth-order valence-electron chi connectivity index (χ4n) is 2.10. The van der Waals surface area contributed by atoms with Crippen molar-refractivity contribution in [1.29, 1.82) is 0 Å². The number of halogens is 3. The van der Waals surface area contributed by atoms with Crippen molar-refractivity contribution in [3.8, 4) is 0 Å². The van der Waals surface area contributed by atoms with Gasteiger partial charge in [0.2, 0.25) is 5.56 Å². The van der Waals surface area contributed by atoms with Crippen molar-refractivity contribution in [2.75, 3.05) is 10.6 Å². The van der Waals surface area contributed by atoms with Crippen LogP contribution >= 0.6 is 24.0 Å². The second-order valence-electron chi connectivity index (χ2n) is 5.08. The van der Waals surface area contributed by atoms with Crippen LogP contribution in [0, 0.1) is 5.82 Å².